The Morgan fingerprint density at radius 1 is 0.455 bits per heavy atom. The van der Waals surface area contributed by atoms with Crippen molar-refractivity contribution in [3.8, 4) is 45.2 Å². The molecule has 55 heavy (non-hydrogen) atoms. The molecule has 0 unspecified atom stereocenters. The summed E-state index contributed by atoms with van der Waals surface area (Å²) in [5.41, 5.74) is 12.5. The summed E-state index contributed by atoms with van der Waals surface area (Å²) < 4.78 is 0. The molecule has 0 saturated carbocycles. The molecular formula is C50H33N5. The zero-order valence-electron chi connectivity index (χ0n) is 29.8. The number of nitrogens with one attached hydrogen (secondary N) is 1. The zero-order valence-corrected chi connectivity index (χ0v) is 29.8. The first-order chi connectivity index (χ1) is 27.1. The number of nitrogens with zero attached hydrogens (tertiary/aromatic N) is 4. The van der Waals surface area contributed by atoms with Crippen LogP contribution in [0.5, 0.6) is 0 Å². The Labute approximate surface area is 319 Å². The molecule has 6 aromatic carbocycles. The van der Waals surface area contributed by atoms with Crippen molar-refractivity contribution in [1.82, 2.24) is 19.9 Å². The number of rotatable bonds is 5. The first-order valence-electron chi connectivity index (χ1n) is 18.4. The number of benzene rings is 6. The second-order valence-electron chi connectivity index (χ2n) is 13.9. The highest BCUT2D eigenvalue weighted by atomic mass is 15.0. The Morgan fingerprint density at radius 2 is 1.05 bits per heavy atom. The number of aromatic nitrogens is 4. The third-order valence-corrected chi connectivity index (χ3v) is 10.4. The topological polar surface area (TPSA) is 75.4 Å². The van der Waals surface area contributed by atoms with Gasteiger partial charge in [-0.3, -0.25) is 0 Å². The Morgan fingerprint density at radius 3 is 1.84 bits per heavy atom. The van der Waals surface area contributed by atoms with Crippen LogP contribution in [0.25, 0.3) is 78.5 Å². The van der Waals surface area contributed by atoms with Gasteiger partial charge in [0.25, 0.3) is 0 Å². The summed E-state index contributed by atoms with van der Waals surface area (Å²) in [6.45, 7) is 0. The van der Waals surface area contributed by atoms with Crippen molar-refractivity contribution in [1.29, 1.82) is 5.41 Å². The maximum atomic E-state index is 8.86. The number of allylic oxidation sites excluding steroid dienone is 7. The molecule has 0 fully saturated rings. The van der Waals surface area contributed by atoms with Crippen molar-refractivity contribution in [2.45, 2.75) is 6.42 Å². The van der Waals surface area contributed by atoms with Gasteiger partial charge in [0.15, 0.2) is 17.5 Å². The first-order valence-corrected chi connectivity index (χ1v) is 18.4. The minimum absolute atomic E-state index is 0.472. The molecule has 258 valence electrons. The van der Waals surface area contributed by atoms with Crippen LogP contribution in [0.4, 0.5) is 0 Å². The van der Waals surface area contributed by atoms with Gasteiger partial charge < -0.3 is 5.41 Å². The molecule has 5 heteroatoms. The highest BCUT2D eigenvalue weighted by Gasteiger charge is 2.25. The standard InChI is InChI=1S/C50H33N5/c51-45-15-7-6-14-42(45)43-30-39-12-3-4-13-40(39)31-44(43)50-54-48(36-22-17-33(18-23-36)41-26-19-32-9-1-2-11-38(32)29-41)53-49(55-50)37-24-20-35(21-25-37)47-28-27-34-10-5-8-16-46(34)52-47/h1-29,31,51H,30H2/b43-42+,51-45?. The fourth-order valence-corrected chi connectivity index (χ4v) is 7.50. The SMILES string of the molecule is N=C1C=CC=C/C1=C1/Cc2ccccc2C=C1c1nc(-c2ccc(-c3ccc4ccccc4c3)cc2)nc(-c2ccc(-c3ccc4ccccc4n3)cc2)n1. The third kappa shape index (κ3) is 6.18. The summed E-state index contributed by atoms with van der Waals surface area (Å²) >= 11 is 0. The Hall–Kier alpha value is -7.37. The molecule has 2 heterocycles. The van der Waals surface area contributed by atoms with Crippen molar-refractivity contribution < 1.29 is 0 Å². The molecule has 2 aliphatic carbocycles. The number of fused-ring (bicyclic) bond motifs is 3. The number of hydrogen-bond donors (Lipinski definition) is 1. The predicted octanol–water partition coefficient (Wildman–Crippen LogP) is 11.8. The lowest BCUT2D eigenvalue weighted by molar-refractivity contribution is 1.02. The molecule has 2 aliphatic rings. The van der Waals surface area contributed by atoms with E-state index in [0.29, 0.717) is 29.6 Å². The van der Waals surface area contributed by atoms with Crippen LogP contribution in [0.3, 0.4) is 0 Å². The highest BCUT2D eigenvalue weighted by Crippen LogP contribution is 2.38. The van der Waals surface area contributed by atoms with Gasteiger partial charge >= 0.3 is 0 Å². The van der Waals surface area contributed by atoms with E-state index in [0.717, 1.165) is 66.7 Å². The van der Waals surface area contributed by atoms with Crippen LogP contribution < -0.4 is 0 Å². The predicted molar refractivity (Wildman–Crippen MR) is 225 cm³/mol. The van der Waals surface area contributed by atoms with Gasteiger partial charge in [0, 0.05) is 33.2 Å². The van der Waals surface area contributed by atoms with Crippen molar-refractivity contribution in [3.05, 3.63) is 204 Å². The van der Waals surface area contributed by atoms with Crippen LogP contribution in [-0.4, -0.2) is 25.6 Å². The molecule has 1 N–H and O–H groups in total. The Bertz CT molecular complexity index is 2810. The molecule has 0 atom stereocenters. The van der Waals surface area contributed by atoms with Crippen molar-refractivity contribution in [2.24, 2.45) is 0 Å². The van der Waals surface area contributed by atoms with E-state index in [1.54, 1.807) is 0 Å². The van der Waals surface area contributed by atoms with Gasteiger partial charge in [0.2, 0.25) is 0 Å². The molecule has 0 aliphatic heterocycles. The van der Waals surface area contributed by atoms with Crippen LogP contribution in [0, 0.1) is 5.41 Å². The molecule has 0 amide bonds. The first kappa shape index (κ1) is 32.3. The fraction of sp³-hybridized carbons (Fsp3) is 0.0200. The van der Waals surface area contributed by atoms with Crippen LogP contribution in [0.15, 0.2) is 187 Å². The van der Waals surface area contributed by atoms with Crippen molar-refractivity contribution in [3.63, 3.8) is 0 Å². The third-order valence-electron chi connectivity index (χ3n) is 10.4. The van der Waals surface area contributed by atoms with Crippen LogP contribution in [0.2, 0.25) is 0 Å². The lowest BCUT2D eigenvalue weighted by Crippen LogP contribution is -2.13. The molecule has 0 radical (unpaired) electrons. The molecule has 0 spiro atoms. The van der Waals surface area contributed by atoms with E-state index in [4.69, 9.17) is 25.3 Å². The Kier molecular flexibility index (Phi) is 7.96. The molecule has 0 saturated heterocycles. The second-order valence-corrected chi connectivity index (χ2v) is 13.9. The monoisotopic (exact) mass is 703 g/mol. The molecule has 8 aromatic rings. The van der Waals surface area contributed by atoms with Gasteiger partial charge in [-0.25, -0.2) is 19.9 Å². The molecule has 0 bridgehead atoms. The van der Waals surface area contributed by atoms with Crippen molar-refractivity contribution >= 4 is 39.0 Å². The highest BCUT2D eigenvalue weighted by molar-refractivity contribution is 6.13. The van der Waals surface area contributed by atoms with Gasteiger partial charge in [-0.1, -0.05) is 152 Å². The lowest BCUT2D eigenvalue weighted by Gasteiger charge is -2.23. The van der Waals surface area contributed by atoms with E-state index in [2.05, 4.69) is 140 Å². The van der Waals surface area contributed by atoms with Gasteiger partial charge in [0.05, 0.1) is 16.9 Å². The number of pyridine rings is 1. The number of hydrogen-bond acceptors (Lipinski definition) is 5. The van der Waals surface area contributed by atoms with Gasteiger partial charge in [-0.15, -0.1) is 0 Å². The van der Waals surface area contributed by atoms with E-state index < -0.39 is 0 Å². The van der Waals surface area contributed by atoms with Gasteiger partial charge in [0.1, 0.15) is 0 Å². The summed E-state index contributed by atoms with van der Waals surface area (Å²) in [6.07, 6.45) is 10.6. The average molecular weight is 704 g/mol. The van der Waals surface area contributed by atoms with E-state index in [-0.39, 0.29) is 0 Å². The second kappa shape index (κ2) is 13.6. The fourth-order valence-electron chi connectivity index (χ4n) is 7.50. The zero-order chi connectivity index (χ0) is 36.7. The summed E-state index contributed by atoms with van der Waals surface area (Å²) in [4.78, 5) is 20.4. The number of para-hydroxylation sites is 1. The minimum atomic E-state index is 0.472. The summed E-state index contributed by atoms with van der Waals surface area (Å²) in [7, 11) is 0. The minimum Gasteiger partial charge on any atom is -0.300 e. The summed E-state index contributed by atoms with van der Waals surface area (Å²) in [5, 5.41) is 12.4. The van der Waals surface area contributed by atoms with Gasteiger partial charge in [-0.2, -0.15) is 0 Å². The molecular weight excluding hydrogens is 671 g/mol. The molecule has 10 rings (SSSR count). The van der Waals surface area contributed by atoms with E-state index >= 15 is 0 Å². The Balaban J connectivity index is 1.10. The average Bonchev–Trinajstić information content (AvgIpc) is 3.26. The van der Waals surface area contributed by atoms with Crippen LogP contribution >= 0.6 is 0 Å². The maximum Gasteiger partial charge on any atom is 0.164 e. The normalized spacial score (nSPS) is 15.0. The van der Waals surface area contributed by atoms with Crippen LogP contribution in [-0.2, 0) is 6.42 Å². The molecule has 2 aromatic heterocycles. The van der Waals surface area contributed by atoms with E-state index in [1.807, 2.05) is 42.5 Å². The quantitative estimate of drug-likeness (QED) is 0.194. The maximum absolute atomic E-state index is 8.86. The van der Waals surface area contributed by atoms with E-state index in [1.165, 1.54) is 16.3 Å². The van der Waals surface area contributed by atoms with Crippen LogP contribution in [0.1, 0.15) is 17.0 Å². The van der Waals surface area contributed by atoms with Crippen molar-refractivity contribution in [2.75, 3.05) is 0 Å². The largest absolute Gasteiger partial charge is 0.300 e. The summed E-state index contributed by atoms with van der Waals surface area (Å²) in [6, 6.07) is 52.5. The van der Waals surface area contributed by atoms with E-state index in [9.17, 15) is 0 Å². The summed E-state index contributed by atoms with van der Waals surface area (Å²) in [5.74, 6) is 1.74. The molecule has 5 nitrogen and oxygen atoms in total. The van der Waals surface area contributed by atoms with Gasteiger partial charge in [-0.05, 0) is 75.4 Å². The lowest BCUT2D eigenvalue weighted by atomic mass is 9.83. The smallest absolute Gasteiger partial charge is 0.164 e.